The fourth-order valence-electron chi connectivity index (χ4n) is 2.14. The third-order valence-corrected chi connectivity index (χ3v) is 3.22. The number of cyclic esters (lactones) is 1. The molecule has 2 heterocycles. The van der Waals surface area contributed by atoms with Crippen LogP contribution in [0.4, 0.5) is 9.18 Å². The number of halogens is 1. The number of pyridine rings is 1. The molecular weight excluding hydrogens is 273 g/mol. The van der Waals surface area contributed by atoms with E-state index in [0.717, 1.165) is 11.3 Å². The summed E-state index contributed by atoms with van der Waals surface area (Å²) < 4.78 is 19.1. The topological polar surface area (TPSA) is 63.6 Å². The highest BCUT2D eigenvalue weighted by Crippen LogP contribution is 2.25. The number of carbonyl (C=O) groups excluding carboxylic acids is 1. The summed E-state index contributed by atoms with van der Waals surface area (Å²) in [5, 5.41) is 3.85. The quantitative estimate of drug-likeness (QED) is 0.922. The Labute approximate surface area is 120 Å². The van der Waals surface area contributed by atoms with Crippen molar-refractivity contribution in [3.63, 3.8) is 0 Å². The summed E-state index contributed by atoms with van der Waals surface area (Å²) in [6, 6.07) is 8.38. The maximum absolute atomic E-state index is 14.3. The van der Waals surface area contributed by atoms with Crippen LogP contribution in [0.1, 0.15) is 11.3 Å². The van der Waals surface area contributed by atoms with E-state index in [1.54, 1.807) is 24.4 Å². The Kier molecular flexibility index (Phi) is 3.35. The lowest BCUT2D eigenvalue weighted by molar-refractivity contribution is 0.157. The second-order valence-electron chi connectivity index (χ2n) is 4.58. The lowest BCUT2D eigenvalue weighted by atomic mass is 10.0. The van der Waals surface area contributed by atoms with Gasteiger partial charge in [0.15, 0.2) is 0 Å². The molecule has 0 saturated carbocycles. The second-order valence-corrected chi connectivity index (χ2v) is 4.58. The van der Waals surface area contributed by atoms with Gasteiger partial charge >= 0.3 is 6.09 Å². The van der Waals surface area contributed by atoms with E-state index < -0.39 is 6.09 Å². The Morgan fingerprint density at radius 3 is 2.81 bits per heavy atom. The van der Waals surface area contributed by atoms with Crippen LogP contribution in [0.25, 0.3) is 11.1 Å². The number of benzene rings is 1. The first kappa shape index (κ1) is 13.2. The summed E-state index contributed by atoms with van der Waals surface area (Å²) >= 11 is 0. The van der Waals surface area contributed by atoms with Gasteiger partial charge in [-0.3, -0.25) is 4.98 Å². The molecule has 1 aromatic carbocycles. The first-order valence-corrected chi connectivity index (χ1v) is 6.36. The van der Waals surface area contributed by atoms with Gasteiger partial charge in [0.2, 0.25) is 0 Å². The molecule has 0 unspecified atom stereocenters. The molecule has 3 rings (SSSR count). The van der Waals surface area contributed by atoms with Gasteiger partial charge in [-0.2, -0.15) is 5.10 Å². The van der Waals surface area contributed by atoms with Crippen LogP contribution in [0, 0.1) is 12.7 Å². The van der Waals surface area contributed by atoms with Crippen LogP contribution in [0.2, 0.25) is 0 Å². The Bertz CT molecular complexity index is 743. The first-order valence-electron chi connectivity index (χ1n) is 6.36. The fourth-order valence-corrected chi connectivity index (χ4v) is 2.14. The lowest BCUT2D eigenvalue weighted by Crippen LogP contribution is -2.30. The van der Waals surface area contributed by atoms with Crippen molar-refractivity contribution < 1.29 is 13.9 Å². The maximum atomic E-state index is 14.3. The molecule has 0 atom stereocenters. The SMILES string of the molecule is Cc1ncccc1-c1ccc(C2=NNC(=O)OC2)cc1F. The average Bonchev–Trinajstić information content (AvgIpc) is 2.49. The van der Waals surface area contributed by atoms with Crippen LogP contribution >= 0.6 is 0 Å². The van der Waals surface area contributed by atoms with Crippen molar-refractivity contribution in [3.8, 4) is 11.1 Å². The van der Waals surface area contributed by atoms with E-state index in [9.17, 15) is 9.18 Å². The molecule has 2 aromatic rings. The summed E-state index contributed by atoms with van der Waals surface area (Å²) in [6.07, 6.45) is 1.06. The molecule has 0 saturated heterocycles. The van der Waals surface area contributed by atoms with Crippen molar-refractivity contribution in [1.29, 1.82) is 0 Å². The molecule has 6 heteroatoms. The van der Waals surface area contributed by atoms with Crippen LogP contribution in [0.3, 0.4) is 0 Å². The maximum Gasteiger partial charge on any atom is 0.428 e. The fraction of sp³-hybridized carbons (Fsp3) is 0.133. The summed E-state index contributed by atoms with van der Waals surface area (Å²) in [5.41, 5.74) is 5.23. The van der Waals surface area contributed by atoms with E-state index in [2.05, 4.69) is 15.5 Å². The minimum atomic E-state index is -0.609. The van der Waals surface area contributed by atoms with Crippen LogP contribution in [0.5, 0.6) is 0 Å². The van der Waals surface area contributed by atoms with Crippen LogP contribution in [-0.4, -0.2) is 23.4 Å². The highest BCUT2D eigenvalue weighted by atomic mass is 19.1. The average molecular weight is 285 g/mol. The molecule has 0 spiro atoms. The van der Waals surface area contributed by atoms with Gasteiger partial charge in [-0.05, 0) is 19.1 Å². The van der Waals surface area contributed by atoms with Gasteiger partial charge in [-0.1, -0.05) is 18.2 Å². The molecule has 1 aliphatic rings. The number of aryl methyl sites for hydroxylation is 1. The Morgan fingerprint density at radius 1 is 1.29 bits per heavy atom. The minimum absolute atomic E-state index is 0.0243. The lowest BCUT2D eigenvalue weighted by Gasteiger charge is -2.14. The van der Waals surface area contributed by atoms with Gasteiger partial charge in [0.1, 0.15) is 18.1 Å². The van der Waals surface area contributed by atoms with Crippen molar-refractivity contribution in [2.24, 2.45) is 5.10 Å². The minimum Gasteiger partial charge on any atom is -0.442 e. The zero-order chi connectivity index (χ0) is 14.8. The number of hydrogen-bond acceptors (Lipinski definition) is 4. The summed E-state index contributed by atoms with van der Waals surface area (Å²) in [7, 11) is 0. The van der Waals surface area contributed by atoms with Crippen LogP contribution < -0.4 is 5.43 Å². The van der Waals surface area contributed by atoms with Gasteiger partial charge in [0.05, 0.1) is 0 Å². The Balaban J connectivity index is 1.97. The highest BCUT2D eigenvalue weighted by molar-refractivity contribution is 6.03. The summed E-state index contributed by atoms with van der Waals surface area (Å²) in [6.45, 7) is 1.85. The standard InChI is InChI=1S/C15H12FN3O2/c1-9-11(3-2-6-17-9)12-5-4-10(7-13(12)16)14-8-21-15(20)19-18-14/h2-7H,8H2,1H3,(H,19,20). The molecule has 0 bridgehead atoms. The predicted molar refractivity (Wildman–Crippen MR) is 75.4 cm³/mol. The van der Waals surface area contributed by atoms with Crippen molar-refractivity contribution in [2.45, 2.75) is 6.92 Å². The van der Waals surface area contributed by atoms with E-state index in [0.29, 0.717) is 16.8 Å². The van der Waals surface area contributed by atoms with E-state index in [1.165, 1.54) is 6.07 Å². The number of aromatic nitrogens is 1. The molecule has 1 aromatic heterocycles. The Hall–Kier alpha value is -2.76. The van der Waals surface area contributed by atoms with Gasteiger partial charge in [0.25, 0.3) is 0 Å². The molecule has 106 valence electrons. The van der Waals surface area contributed by atoms with Crippen molar-refractivity contribution in [2.75, 3.05) is 6.61 Å². The van der Waals surface area contributed by atoms with Gasteiger partial charge in [-0.15, -0.1) is 0 Å². The van der Waals surface area contributed by atoms with E-state index in [1.807, 2.05) is 13.0 Å². The van der Waals surface area contributed by atoms with Crippen LogP contribution in [-0.2, 0) is 4.74 Å². The number of amides is 1. The van der Waals surface area contributed by atoms with Crippen molar-refractivity contribution in [1.82, 2.24) is 10.4 Å². The van der Waals surface area contributed by atoms with E-state index in [-0.39, 0.29) is 12.4 Å². The summed E-state index contributed by atoms with van der Waals surface area (Å²) in [4.78, 5) is 15.0. The molecule has 0 fully saturated rings. The molecule has 1 amide bonds. The van der Waals surface area contributed by atoms with Gasteiger partial charge in [-0.25, -0.2) is 14.6 Å². The number of ether oxygens (including phenoxy) is 1. The number of hydrazone groups is 1. The molecule has 1 aliphatic heterocycles. The number of rotatable bonds is 2. The molecule has 5 nitrogen and oxygen atoms in total. The largest absolute Gasteiger partial charge is 0.442 e. The zero-order valence-corrected chi connectivity index (χ0v) is 11.3. The number of nitrogens with one attached hydrogen (secondary N) is 1. The van der Waals surface area contributed by atoms with E-state index in [4.69, 9.17) is 4.74 Å². The predicted octanol–water partition coefficient (Wildman–Crippen LogP) is 2.64. The summed E-state index contributed by atoms with van der Waals surface area (Å²) in [5.74, 6) is -0.372. The number of nitrogens with zero attached hydrogens (tertiary/aromatic N) is 2. The molecular formula is C15H12FN3O2. The van der Waals surface area contributed by atoms with Gasteiger partial charge in [0, 0.05) is 28.6 Å². The molecule has 1 N–H and O–H groups in total. The second kappa shape index (κ2) is 5.32. The Morgan fingerprint density at radius 2 is 2.14 bits per heavy atom. The zero-order valence-electron chi connectivity index (χ0n) is 11.3. The molecule has 0 radical (unpaired) electrons. The number of carbonyl (C=O) groups is 1. The third-order valence-electron chi connectivity index (χ3n) is 3.22. The molecule has 0 aliphatic carbocycles. The van der Waals surface area contributed by atoms with Gasteiger partial charge < -0.3 is 4.74 Å². The monoisotopic (exact) mass is 285 g/mol. The van der Waals surface area contributed by atoms with E-state index >= 15 is 0 Å². The smallest absolute Gasteiger partial charge is 0.428 e. The highest BCUT2D eigenvalue weighted by Gasteiger charge is 2.16. The number of hydrogen-bond donors (Lipinski definition) is 1. The van der Waals surface area contributed by atoms with Crippen LogP contribution in [0.15, 0.2) is 41.6 Å². The third kappa shape index (κ3) is 2.60. The normalized spacial score (nSPS) is 14.2. The first-order chi connectivity index (χ1) is 10.1. The molecule has 21 heavy (non-hydrogen) atoms. The van der Waals surface area contributed by atoms with Crippen molar-refractivity contribution >= 4 is 11.8 Å². The van der Waals surface area contributed by atoms with Crippen molar-refractivity contribution in [3.05, 3.63) is 53.6 Å².